The largest absolute Gasteiger partial charge is 0.488 e. The van der Waals surface area contributed by atoms with Crippen LogP contribution in [0.15, 0.2) is 48.7 Å². The molecule has 0 spiro atoms. The van der Waals surface area contributed by atoms with Gasteiger partial charge in [0, 0.05) is 18.8 Å². The highest BCUT2D eigenvalue weighted by Crippen LogP contribution is 2.19. The first-order valence-electron chi connectivity index (χ1n) is 8.36. The predicted molar refractivity (Wildman–Crippen MR) is 93.1 cm³/mol. The second-order valence-corrected chi connectivity index (χ2v) is 6.13. The van der Waals surface area contributed by atoms with Gasteiger partial charge in [-0.15, -0.1) is 0 Å². The molecule has 1 aliphatic rings. The summed E-state index contributed by atoms with van der Waals surface area (Å²) in [5.41, 5.74) is 6.42. The number of nitrogens with two attached hydrogens (primary N) is 1. The van der Waals surface area contributed by atoms with Crippen molar-refractivity contribution < 1.29 is 14.3 Å². The number of carbonyl (C=O) groups excluding carboxylic acids is 2. The van der Waals surface area contributed by atoms with Crippen LogP contribution in [0.25, 0.3) is 0 Å². The maximum Gasteiger partial charge on any atom is 0.267 e. The number of hydrogen-bond acceptors (Lipinski definition) is 4. The van der Waals surface area contributed by atoms with E-state index in [9.17, 15) is 9.59 Å². The third-order valence-corrected chi connectivity index (χ3v) is 4.22. The minimum Gasteiger partial charge on any atom is -0.488 e. The highest BCUT2D eigenvalue weighted by molar-refractivity contribution is 5.91. The molecule has 25 heavy (non-hydrogen) atoms. The van der Waals surface area contributed by atoms with E-state index in [1.165, 1.54) is 12.3 Å². The van der Waals surface area contributed by atoms with Gasteiger partial charge in [-0.2, -0.15) is 0 Å². The van der Waals surface area contributed by atoms with Crippen LogP contribution >= 0.6 is 0 Å². The van der Waals surface area contributed by atoms with Crippen molar-refractivity contribution in [3.63, 3.8) is 0 Å². The van der Waals surface area contributed by atoms with E-state index >= 15 is 0 Å². The van der Waals surface area contributed by atoms with E-state index in [-0.39, 0.29) is 17.7 Å². The SMILES string of the molecule is NC(=O)c1cc(OC2CCCN(C(=O)Cc3ccccc3)C2)ccn1. The van der Waals surface area contributed by atoms with E-state index in [1.807, 2.05) is 35.2 Å². The van der Waals surface area contributed by atoms with E-state index in [2.05, 4.69) is 4.98 Å². The highest BCUT2D eigenvalue weighted by atomic mass is 16.5. The van der Waals surface area contributed by atoms with Crippen molar-refractivity contribution in [2.75, 3.05) is 13.1 Å². The smallest absolute Gasteiger partial charge is 0.267 e. The van der Waals surface area contributed by atoms with Crippen molar-refractivity contribution >= 4 is 11.8 Å². The Balaban J connectivity index is 1.60. The molecule has 0 radical (unpaired) electrons. The molecule has 2 aromatic rings. The van der Waals surface area contributed by atoms with Crippen molar-refractivity contribution in [1.82, 2.24) is 9.88 Å². The Morgan fingerprint density at radius 3 is 2.80 bits per heavy atom. The van der Waals surface area contributed by atoms with Gasteiger partial charge in [-0.1, -0.05) is 30.3 Å². The number of likely N-dealkylation sites (tertiary alicyclic amines) is 1. The number of nitrogens with zero attached hydrogens (tertiary/aromatic N) is 2. The number of rotatable bonds is 5. The Bertz CT molecular complexity index is 749. The Labute approximate surface area is 146 Å². The van der Waals surface area contributed by atoms with Crippen molar-refractivity contribution in [3.8, 4) is 5.75 Å². The first-order valence-corrected chi connectivity index (χ1v) is 8.36. The first-order chi connectivity index (χ1) is 12.1. The average molecular weight is 339 g/mol. The molecule has 1 aliphatic heterocycles. The summed E-state index contributed by atoms with van der Waals surface area (Å²) in [4.78, 5) is 29.5. The molecule has 2 heterocycles. The maximum atomic E-state index is 12.5. The van der Waals surface area contributed by atoms with Gasteiger partial charge in [0.25, 0.3) is 5.91 Å². The predicted octanol–water partition coefficient (Wildman–Crippen LogP) is 1.79. The minimum absolute atomic E-state index is 0.100. The number of aromatic nitrogens is 1. The van der Waals surface area contributed by atoms with E-state index in [1.54, 1.807) is 6.07 Å². The molecule has 1 unspecified atom stereocenters. The van der Waals surface area contributed by atoms with Gasteiger partial charge >= 0.3 is 0 Å². The molecule has 1 aromatic carbocycles. The molecule has 6 heteroatoms. The fourth-order valence-electron chi connectivity index (χ4n) is 2.95. The van der Waals surface area contributed by atoms with Crippen LogP contribution in [-0.2, 0) is 11.2 Å². The molecule has 1 aromatic heterocycles. The second-order valence-electron chi connectivity index (χ2n) is 6.13. The Kier molecular flexibility index (Phi) is 5.28. The molecular weight excluding hydrogens is 318 g/mol. The Hall–Kier alpha value is -2.89. The summed E-state index contributed by atoms with van der Waals surface area (Å²) >= 11 is 0. The lowest BCUT2D eigenvalue weighted by Crippen LogP contribution is -2.45. The van der Waals surface area contributed by atoms with Gasteiger partial charge in [0.15, 0.2) is 0 Å². The van der Waals surface area contributed by atoms with Gasteiger partial charge in [0.1, 0.15) is 17.5 Å². The fraction of sp³-hybridized carbons (Fsp3) is 0.316. The van der Waals surface area contributed by atoms with Crippen LogP contribution in [0.4, 0.5) is 0 Å². The summed E-state index contributed by atoms with van der Waals surface area (Å²) < 4.78 is 5.94. The Morgan fingerprint density at radius 1 is 1.24 bits per heavy atom. The lowest BCUT2D eigenvalue weighted by molar-refractivity contribution is -0.133. The maximum absolute atomic E-state index is 12.5. The third kappa shape index (κ3) is 4.56. The normalized spacial score (nSPS) is 17.1. The lowest BCUT2D eigenvalue weighted by Gasteiger charge is -2.33. The van der Waals surface area contributed by atoms with Crippen LogP contribution in [0.1, 0.15) is 28.9 Å². The van der Waals surface area contributed by atoms with Crippen molar-refractivity contribution in [3.05, 3.63) is 59.9 Å². The molecule has 130 valence electrons. The van der Waals surface area contributed by atoms with Gasteiger partial charge in [0.2, 0.25) is 5.91 Å². The van der Waals surface area contributed by atoms with Gasteiger partial charge in [-0.05, 0) is 24.5 Å². The monoisotopic (exact) mass is 339 g/mol. The highest BCUT2D eigenvalue weighted by Gasteiger charge is 2.25. The molecular formula is C19H21N3O3. The fourth-order valence-corrected chi connectivity index (χ4v) is 2.95. The molecule has 6 nitrogen and oxygen atoms in total. The van der Waals surface area contributed by atoms with Crippen LogP contribution < -0.4 is 10.5 Å². The van der Waals surface area contributed by atoms with Gasteiger partial charge in [-0.25, -0.2) is 0 Å². The zero-order valence-electron chi connectivity index (χ0n) is 13.9. The standard InChI is InChI=1S/C19H21N3O3/c20-19(24)17-12-15(8-9-21-17)25-16-7-4-10-22(13-16)18(23)11-14-5-2-1-3-6-14/h1-3,5-6,8-9,12,16H,4,7,10-11,13H2,(H2,20,24). The number of pyridine rings is 1. The first kappa shape index (κ1) is 17.0. The number of amides is 2. The summed E-state index contributed by atoms with van der Waals surface area (Å²) in [6.45, 7) is 1.29. The van der Waals surface area contributed by atoms with Crippen LogP contribution in [0.5, 0.6) is 5.75 Å². The Morgan fingerprint density at radius 2 is 2.04 bits per heavy atom. The number of primary amides is 1. The number of carbonyl (C=O) groups is 2. The van der Waals surface area contributed by atoms with Crippen LogP contribution in [0, 0.1) is 0 Å². The van der Waals surface area contributed by atoms with E-state index in [0.717, 1.165) is 24.9 Å². The number of ether oxygens (including phenoxy) is 1. The molecule has 0 bridgehead atoms. The molecule has 1 saturated heterocycles. The van der Waals surface area contributed by atoms with Crippen LogP contribution in [0.3, 0.4) is 0 Å². The number of piperidine rings is 1. The van der Waals surface area contributed by atoms with Crippen molar-refractivity contribution in [2.45, 2.75) is 25.4 Å². The van der Waals surface area contributed by atoms with E-state index in [0.29, 0.717) is 18.7 Å². The number of hydrogen-bond donors (Lipinski definition) is 1. The molecule has 3 rings (SSSR count). The zero-order valence-corrected chi connectivity index (χ0v) is 13.9. The van der Waals surface area contributed by atoms with Crippen LogP contribution in [0.2, 0.25) is 0 Å². The van der Waals surface area contributed by atoms with E-state index in [4.69, 9.17) is 10.5 Å². The summed E-state index contributed by atoms with van der Waals surface area (Å²) in [5.74, 6) is 0.0620. The van der Waals surface area contributed by atoms with Gasteiger partial charge < -0.3 is 15.4 Å². The van der Waals surface area contributed by atoms with Gasteiger partial charge in [-0.3, -0.25) is 14.6 Å². The molecule has 1 fully saturated rings. The quantitative estimate of drug-likeness (QED) is 0.900. The topological polar surface area (TPSA) is 85.5 Å². The summed E-state index contributed by atoms with van der Waals surface area (Å²) in [6.07, 6.45) is 3.55. The van der Waals surface area contributed by atoms with Crippen molar-refractivity contribution in [2.24, 2.45) is 5.73 Å². The molecule has 0 saturated carbocycles. The van der Waals surface area contributed by atoms with Crippen LogP contribution in [-0.4, -0.2) is 40.9 Å². The second kappa shape index (κ2) is 7.79. The third-order valence-electron chi connectivity index (χ3n) is 4.22. The minimum atomic E-state index is -0.589. The lowest BCUT2D eigenvalue weighted by atomic mass is 10.1. The summed E-state index contributed by atoms with van der Waals surface area (Å²) in [6, 6.07) is 12.9. The van der Waals surface area contributed by atoms with Gasteiger partial charge in [0.05, 0.1) is 13.0 Å². The zero-order chi connectivity index (χ0) is 17.6. The van der Waals surface area contributed by atoms with E-state index < -0.39 is 5.91 Å². The molecule has 2 N–H and O–H groups in total. The molecule has 2 amide bonds. The number of benzene rings is 1. The molecule has 0 aliphatic carbocycles. The average Bonchev–Trinajstić information content (AvgIpc) is 2.63. The molecule has 1 atom stereocenters. The summed E-state index contributed by atoms with van der Waals surface area (Å²) in [7, 11) is 0. The summed E-state index contributed by atoms with van der Waals surface area (Å²) in [5, 5.41) is 0. The van der Waals surface area contributed by atoms with Crippen molar-refractivity contribution in [1.29, 1.82) is 0 Å².